The number of amides is 2. The van der Waals surface area contributed by atoms with Crippen LogP contribution >= 0.6 is 0 Å². The summed E-state index contributed by atoms with van der Waals surface area (Å²) in [7, 11) is 0. The number of H-pyrrole nitrogens is 2. The van der Waals surface area contributed by atoms with Crippen LogP contribution in [0.15, 0.2) is 48.8 Å². The van der Waals surface area contributed by atoms with E-state index in [4.69, 9.17) is 19.4 Å². The van der Waals surface area contributed by atoms with Crippen LogP contribution in [0.1, 0.15) is 115 Å². The molecule has 3 aliphatic rings. The average Bonchev–Trinajstić information content (AvgIpc) is 3.88. The highest BCUT2D eigenvalue weighted by atomic mass is 16.6. The molecule has 0 spiro atoms. The van der Waals surface area contributed by atoms with Crippen LogP contribution in [0.2, 0.25) is 0 Å². The zero-order valence-corrected chi connectivity index (χ0v) is 30.2. The maximum atomic E-state index is 12.9. The Labute approximate surface area is 294 Å². The van der Waals surface area contributed by atoms with E-state index >= 15 is 0 Å². The number of carbonyl (C=O) groups excluding carboxylic acids is 2. The smallest absolute Gasteiger partial charge is 0.410 e. The number of likely N-dealkylation sites (tertiary alicyclic amines) is 1. The van der Waals surface area contributed by atoms with Crippen molar-refractivity contribution in [2.24, 2.45) is 5.92 Å². The van der Waals surface area contributed by atoms with Crippen molar-refractivity contribution in [3.8, 4) is 33.6 Å². The third-order valence-corrected chi connectivity index (χ3v) is 10.0. The molecular formula is C40H50N6O4. The molecule has 0 radical (unpaired) electrons. The van der Waals surface area contributed by atoms with Gasteiger partial charge in [-0.25, -0.2) is 19.6 Å². The second-order valence-electron chi connectivity index (χ2n) is 16.1. The van der Waals surface area contributed by atoms with Crippen molar-refractivity contribution < 1.29 is 19.1 Å². The molecular weight excluding hydrogens is 628 g/mol. The number of aromatic amines is 2. The van der Waals surface area contributed by atoms with Crippen LogP contribution in [-0.4, -0.2) is 54.8 Å². The molecule has 3 heterocycles. The first-order valence-corrected chi connectivity index (χ1v) is 18.2. The van der Waals surface area contributed by atoms with E-state index in [0.717, 1.165) is 85.5 Å². The highest BCUT2D eigenvalue weighted by Gasteiger charge is 2.35. The van der Waals surface area contributed by atoms with Crippen LogP contribution in [0.4, 0.5) is 9.59 Å². The Bertz CT molecular complexity index is 1870. The third-order valence-electron chi connectivity index (χ3n) is 10.0. The normalized spacial score (nSPS) is 18.4. The summed E-state index contributed by atoms with van der Waals surface area (Å²) in [4.78, 5) is 44.0. The number of alkyl carbamates (subject to hydrolysis) is 1. The highest BCUT2D eigenvalue weighted by molar-refractivity contribution is 5.79. The number of nitrogens with zero attached hydrogens (tertiary/aromatic N) is 3. The Balaban J connectivity index is 1.08. The second-order valence-corrected chi connectivity index (χ2v) is 16.1. The lowest BCUT2D eigenvalue weighted by molar-refractivity contribution is 0.0218. The van der Waals surface area contributed by atoms with E-state index in [0.29, 0.717) is 12.5 Å². The molecule has 1 saturated heterocycles. The van der Waals surface area contributed by atoms with Crippen LogP contribution in [0.5, 0.6) is 0 Å². The van der Waals surface area contributed by atoms with Gasteiger partial charge in [-0.15, -0.1) is 0 Å². The lowest BCUT2D eigenvalue weighted by Crippen LogP contribution is -2.37. The Kier molecular flexibility index (Phi) is 8.99. The zero-order chi connectivity index (χ0) is 35.2. The number of hydrogen-bond donors (Lipinski definition) is 3. The van der Waals surface area contributed by atoms with Gasteiger partial charge in [0, 0.05) is 6.54 Å². The van der Waals surface area contributed by atoms with E-state index in [2.05, 4.69) is 51.7 Å². The second kappa shape index (κ2) is 13.3. The van der Waals surface area contributed by atoms with Crippen LogP contribution in [0.3, 0.4) is 0 Å². The van der Waals surface area contributed by atoms with Gasteiger partial charge in [0.1, 0.15) is 22.9 Å². The van der Waals surface area contributed by atoms with Crippen LogP contribution in [0.25, 0.3) is 33.6 Å². The lowest BCUT2D eigenvalue weighted by Gasteiger charge is -2.27. The molecule has 10 heteroatoms. The van der Waals surface area contributed by atoms with Gasteiger partial charge < -0.3 is 24.8 Å². The van der Waals surface area contributed by atoms with E-state index in [-0.39, 0.29) is 18.2 Å². The topological polar surface area (TPSA) is 125 Å². The molecule has 1 unspecified atom stereocenters. The number of aryl methyl sites for hydroxylation is 2. The van der Waals surface area contributed by atoms with Crippen molar-refractivity contribution in [2.75, 3.05) is 6.54 Å². The third kappa shape index (κ3) is 7.30. The van der Waals surface area contributed by atoms with E-state index < -0.39 is 17.3 Å². The van der Waals surface area contributed by atoms with Gasteiger partial charge in [0.2, 0.25) is 0 Å². The summed E-state index contributed by atoms with van der Waals surface area (Å²) in [6, 6.07) is 13.0. The minimum absolute atomic E-state index is 0.113. The molecule has 3 N–H and O–H groups in total. The van der Waals surface area contributed by atoms with E-state index in [1.807, 2.05) is 53.9 Å². The first kappa shape index (κ1) is 33.9. The van der Waals surface area contributed by atoms with Crippen LogP contribution < -0.4 is 5.32 Å². The average molecular weight is 679 g/mol. The number of fused-ring (bicyclic) bond motifs is 3. The minimum atomic E-state index is -0.563. The molecule has 2 amide bonds. The lowest BCUT2D eigenvalue weighted by atomic mass is 9.83. The number of carbonyl (C=O) groups is 2. The minimum Gasteiger partial charge on any atom is -0.444 e. The Morgan fingerprint density at radius 2 is 1.40 bits per heavy atom. The van der Waals surface area contributed by atoms with Crippen molar-refractivity contribution in [1.82, 2.24) is 30.2 Å². The summed E-state index contributed by atoms with van der Waals surface area (Å²) in [6.45, 7) is 12.0. The Hall–Kier alpha value is -4.60. The molecule has 4 aromatic rings. The quantitative estimate of drug-likeness (QED) is 0.187. The van der Waals surface area contributed by atoms with Gasteiger partial charge >= 0.3 is 12.2 Å². The van der Waals surface area contributed by atoms with Gasteiger partial charge in [0.15, 0.2) is 0 Å². The molecule has 7 rings (SSSR count). The van der Waals surface area contributed by atoms with Gasteiger partial charge in [-0.3, -0.25) is 4.90 Å². The Morgan fingerprint density at radius 1 is 0.800 bits per heavy atom. The molecule has 50 heavy (non-hydrogen) atoms. The fourth-order valence-corrected chi connectivity index (χ4v) is 7.75. The molecule has 2 aromatic carbocycles. The van der Waals surface area contributed by atoms with Crippen LogP contribution in [-0.2, 0) is 22.3 Å². The standard InChI is InChI=1S/C40H50N6O4/c1-39(2,3)49-37(47)45-34(24-10-7-8-11-24)36-42-23-32(44-36)28-16-18-30-26(21-28)14-13-25-20-27(15-17-29(25)30)31-22-41-35(43-31)33-12-9-19-46(33)38(48)50-40(4,5)6/h15-18,20-24,33-34H,7-14,19H2,1-6H3,(H,41,43)(H,42,44)(H,45,47)/t33-,34?/m0/s1. The van der Waals surface area contributed by atoms with E-state index in [1.165, 1.54) is 22.3 Å². The summed E-state index contributed by atoms with van der Waals surface area (Å²) in [5, 5.41) is 3.12. The SMILES string of the molecule is CC(C)(C)OC(=O)NC(c1ncc(-c2ccc3c(c2)CCc2cc(-c4cnc([C@@H]5CCCN5C(=O)OC(C)(C)C)[nH]4)ccc2-3)[nH]1)C1CCCC1. The number of aromatic nitrogens is 4. The summed E-state index contributed by atoms with van der Waals surface area (Å²) in [6.07, 6.45) is 11.2. The van der Waals surface area contributed by atoms with Gasteiger partial charge in [0.05, 0.1) is 35.9 Å². The molecule has 0 bridgehead atoms. The number of ether oxygens (including phenoxy) is 2. The predicted molar refractivity (Wildman–Crippen MR) is 193 cm³/mol. The first-order valence-electron chi connectivity index (χ1n) is 18.2. The molecule has 2 fully saturated rings. The van der Waals surface area contributed by atoms with Gasteiger partial charge in [-0.2, -0.15) is 0 Å². The molecule has 10 nitrogen and oxygen atoms in total. The van der Waals surface area contributed by atoms with Crippen molar-refractivity contribution >= 4 is 12.2 Å². The maximum Gasteiger partial charge on any atom is 0.410 e. The number of rotatable bonds is 6. The fourth-order valence-electron chi connectivity index (χ4n) is 7.75. The molecule has 1 saturated carbocycles. The number of benzene rings is 2. The van der Waals surface area contributed by atoms with Crippen molar-refractivity contribution in [2.45, 2.75) is 116 Å². The number of nitrogens with one attached hydrogen (secondary N) is 3. The monoisotopic (exact) mass is 678 g/mol. The summed E-state index contributed by atoms with van der Waals surface area (Å²) < 4.78 is 11.3. The maximum absolute atomic E-state index is 12.9. The predicted octanol–water partition coefficient (Wildman–Crippen LogP) is 9.06. The van der Waals surface area contributed by atoms with Gasteiger partial charge in [-0.05, 0) is 131 Å². The molecule has 2 aliphatic carbocycles. The summed E-state index contributed by atoms with van der Waals surface area (Å²) in [5.74, 6) is 1.91. The fraction of sp³-hybridized carbons (Fsp3) is 0.500. The summed E-state index contributed by atoms with van der Waals surface area (Å²) >= 11 is 0. The number of hydrogen-bond acceptors (Lipinski definition) is 6. The summed E-state index contributed by atoms with van der Waals surface area (Å²) in [5.41, 5.74) is 8.10. The van der Waals surface area contributed by atoms with Crippen molar-refractivity contribution in [3.05, 3.63) is 71.6 Å². The van der Waals surface area contributed by atoms with Crippen LogP contribution in [0, 0.1) is 5.92 Å². The van der Waals surface area contributed by atoms with Gasteiger partial charge in [0.25, 0.3) is 0 Å². The zero-order valence-electron chi connectivity index (χ0n) is 30.2. The van der Waals surface area contributed by atoms with E-state index in [1.54, 1.807) is 4.90 Å². The molecule has 264 valence electrons. The number of imidazole rings is 2. The Morgan fingerprint density at radius 3 is 2.02 bits per heavy atom. The molecule has 2 aromatic heterocycles. The molecule has 2 atom stereocenters. The highest BCUT2D eigenvalue weighted by Crippen LogP contribution is 2.40. The van der Waals surface area contributed by atoms with E-state index in [9.17, 15) is 9.59 Å². The van der Waals surface area contributed by atoms with Crippen molar-refractivity contribution in [3.63, 3.8) is 0 Å². The van der Waals surface area contributed by atoms with Crippen molar-refractivity contribution in [1.29, 1.82) is 0 Å². The largest absolute Gasteiger partial charge is 0.444 e. The van der Waals surface area contributed by atoms with Gasteiger partial charge in [-0.1, -0.05) is 37.1 Å². The molecule has 1 aliphatic heterocycles. The first-order chi connectivity index (χ1) is 23.8.